The Morgan fingerprint density at radius 2 is 2.06 bits per heavy atom. The maximum Gasteiger partial charge on any atom is 0.176 e. The molecule has 0 aliphatic carbocycles. The Hall–Kier alpha value is -0.380. The standard InChI is InChI=1S/C12H14Cl2O2S/c1-3-8(2)17(16)7-12(15)10-6-9(13)4-5-11(10)14/h4-6,8H,3,7H2,1-2H3. The van der Waals surface area contributed by atoms with Crippen LogP contribution in [-0.4, -0.2) is 21.0 Å². The maximum atomic E-state index is 11.9. The molecule has 1 rings (SSSR count). The van der Waals surface area contributed by atoms with E-state index >= 15 is 0 Å². The fourth-order valence-electron chi connectivity index (χ4n) is 1.25. The third kappa shape index (κ3) is 4.09. The number of carbonyl (C=O) groups is 1. The topological polar surface area (TPSA) is 34.1 Å². The van der Waals surface area contributed by atoms with Gasteiger partial charge in [0.05, 0.1) is 10.8 Å². The monoisotopic (exact) mass is 292 g/mol. The Morgan fingerprint density at radius 3 is 2.65 bits per heavy atom. The van der Waals surface area contributed by atoms with Gasteiger partial charge in [-0.1, -0.05) is 37.0 Å². The molecule has 1 aromatic carbocycles. The van der Waals surface area contributed by atoms with Gasteiger partial charge in [-0.05, 0) is 24.6 Å². The number of hydrogen-bond acceptors (Lipinski definition) is 2. The first-order valence-electron chi connectivity index (χ1n) is 5.31. The molecule has 2 atom stereocenters. The molecule has 0 N–H and O–H groups in total. The fraction of sp³-hybridized carbons (Fsp3) is 0.417. The van der Waals surface area contributed by atoms with E-state index in [0.29, 0.717) is 15.6 Å². The van der Waals surface area contributed by atoms with Gasteiger partial charge < -0.3 is 0 Å². The third-order valence-corrected chi connectivity index (χ3v) is 4.87. The van der Waals surface area contributed by atoms with Crippen molar-refractivity contribution in [1.29, 1.82) is 0 Å². The summed E-state index contributed by atoms with van der Waals surface area (Å²) in [5.41, 5.74) is 0.343. The number of carbonyl (C=O) groups excluding carboxylic acids is 1. The quantitative estimate of drug-likeness (QED) is 0.775. The smallest absolute Gasteiger partial charge is 0.176 e. The maximum absolute atomic E-state index is 11.9. The van der Waals surface area contributed by atoms with Crippen molar-refractivity contribution in [3.63, 3.8) is 0 Å². The Kier molecular flexibility index (Phi) is 5.63. The van der Waals surface area contributed by atoms with E-state index in [9.17, 15) is 9.00 Å². The molecule has 0 aromatic heterocycles. The molecule has 2 unspecified atom stereocenters. The minimum Gasteiger partial charge on any atom is -0.293 e. The predicted octanol–water partition coefficient (Wildman–Crippen LogP) is 3.72. The third-order valence-electron chi connectivity index (χ3n) is 2.53. The molecule has 0 saturated heterocycles. The highest BCUT2D eigenvalue weighted by molar-refractivity contribution is 7.86. The van der Waals surface area contributed by atoms with Crippen LogP contribution in [0.3, 0.4) is 0 Å². The van der Waals surface area contributed by atoms with Crippen molar-refractivity contribution in [3.05, 3.63) is 33.8 Å². The Balaban J connectivity index is 2.83. The number of Topliss-reactive ketones (excluding diaryl/α,β-unsaturated/α-hetero) is 1. The van der Waals surface area contributed by atoms with E-state index in [1.54, 1.807) is 12.1 Å². The summed E-state index contributed by atoms with van der Waals surface area (Å²) in [6.07, 6.45) is 0.781. The van der Waals surface area contributed by atoms with Crippen molar-refractivity contribution >= 4 is 39.8 Å². The number of halogens is 2. The molecule has 0 saturated carbocycles. The Morgan fingerprint density at radius 1 is 1.41 bits per heavy atom. The van der Waals surface area contributed by atoms with Crippen molar-refractivity contribution in [3.8, 4) is 0 Å². The van der Waals surface area contributed by atoms with Gasteiger partial charge in [0.25, 0.3) is 0 Å². The molecule has 17 heavy (non-hydrogen) atoms. The summed E-state index contributed by atoms with van der Waals surface area (Å²) in [4.78, 5) is 11.9. The predicted molar refractivity (Wildman–Crippen MR) is 73.6 cm³/mol. The summed E-state index contributed by atoms with van der Waals surface area (Å²) in [5, 5.41) is 0.810. The second-order valence-corrected chi connectivity index (χ2v) is 6.49. The van der Waals surface area contributed by atoms with E-state index in [-0.39, 0.29) is 16.8 Å². The van der Waals surface area contributed by atoms with Crippen LogP contribution in [0.1, 0.15) is 30.6 Å². The van der Waals surface area contributed by atoms with Crippen LogP contribution in [-0.2, 0) is 10.8 Å². The molecule has 2 nitrogen and oxygen atoms in total. The van der Waals surface area contributed by atoms with Crippen molar-refractivity contribution < 1.29 is 9.00 Å². The van der Waals surface area contributed by atoms with E-state index in [2.05, 4.69) is 0 Å². The van der Waals surface area contributed by atoms with Crippen LogP contribution in [0.25, 0.3) is 0 Å². The lowest BCUT2D eigenvalue weighted by atomic mass is 10.1. The van der Waals surface area contributed by atoms with Crippen LogP contribution in [0, 0.1) is 0 Å². The molecule has 0 amide bonds. The first-order valence-corrected chi connectivity index (χ1v) is 7.45. The van der Waals surface area contributed by atoms with Gasteiger partial charge in [-0.2, -0.15) is 0 Å². The normalized spacial score (nSPS) is 14.4. The number of ketones is 1. The summed E-state index contributed by atoms with van der Waals surface area (Å²) >= 11 is 11.7. The zero-order valence-corrected chi connectivity index (χ0v) is 12.0. The highest BCUT2D eigenvalue weighted by atomic mass is 35.5. The lowest BCUT2D eigenvalue weighted by Crippen LogP contribution is -2.19. The first kappa shape index (κ1) is 14.7. The van der Waals surface area contributed by atoms with Gasteiger partial charge in [0.2, 0.25) is 0 Å². The van der Waals surface area contributed by atoms with Crippen LogP contribution >= 0.6 is 23.2 Å². The zero-order chi connectivity index (χ0) is 13.0. The average molecular weight is 293 g/mol. The van der Waals surface area contributed by atoms with E-state index < -0.39 is 10.8 Å². The van der Waals surface area contributed by atoms with Crippen molar-refractivity contribution in [2.24, 2.45) is 0 Å². The van der Waals surface area contributed by atoms with E-state index in [1.807, 2.05) is 13.8 Å². The molecular formula is C12H14Cl2O2S. The fourth-order valence-corrected chi connectivity index (χ4v) is 2.71. The van der Waals surface area contributed by atoms with Crippen LogP contribution in [0.4, 0.5) is 0 Å². The van der Waals surface area contributed by atoms with Crippen LogP contribution in [0.5, 0.6) is 0 Å². The van der Waals surface area contributed by atoms with Gasteiger partial charge >= 0.3 is 0 Å². The highest BCUT2D eigenvalue weighted by Crippen LogP contribution is 2.21. The molecule has 0 aliphatic rings. The molecule has 0 spiro atoms. The van der Waals surface area contributed by atoms with Gasteiger partial charge in [0.1, 0.15) is 0 Å². The summed E-state index contributed by atoms with van der Waals surface area (Å²) in [6.45, 7) is 3.81. The lowest BCUT2D eigenvalue weighted by molar-refractivity contribution is 0.102. The van der Waals surface area contributed by atoms with Gasteiger partial charge in [-0.25, -0.2) is 0 Å². The molecule has 0 fully saturated rings. The van der Waals surface area contributed by atoms with E-state index in [4.69, 9.17) is 23.2 Å². The van der Waals surface area contributed by atoms with Crippen molar-refractivity contribution in [1.82, 2.24) is 0 Å². The van der Waals surface area contributed by atoms with Gasteiger partial charge in [-0.15, -0.1) is 0 Å². The van der Waals surface area contributed by atoms with Crippen molar-refractivity contribution in [2.75, 3.05) is 5.75 Å². The minimum absolute atomic E-state index is 0.00489. The second-order valence-electron chi connectivity index (χ2n) is 3.79. The Bertz CT molecular complexity index is 446. The molecule has 5 heteroatoms. The van der Waals surface area contributed by atoms with Crippen LogP contribution in [0.15, 0.2) is 18.2 Å². The summed E-state index contributed by atoms with van der Waals surface area (Å²) in [6, 6.07) is 4.70. The molecule has 0 bridgehead atoms. The largest absolute Gasteiger partial charge is 0.293 e. The number of rotatable bonds is 5. The van der Waals surface area contributed by atoms with Crippen LogP contribution < -0.4 is 0 Å². The summed E-state index contributed by atoms with van der Waals surface area (Å²) < 4.78 is 11.8. The Labute approximate surface area is 114 Å². The molecule has 0 aliphatic heterocycles. The summed E-state index contributed by atoms with van der Waals surface area (Å²) in [7, 11) is -1.16. The van der Waals surface area contributed by atoms with Gasteiger partial charge in [0.15, 0.2) is 5.78 Å². The zero-order valence-electron chi connectivity index (χ0n) is 9.70. The molecule has 0 heterocycles. The van der Waals surface area contributed by atoms with E-state index in [0.717, 1.165) is 6.42 Å². The van der Waals surface area contributed by atoms with Gasteiger partial charge in [-0.3, -0.25) is 9.00 Å². The molecule has 1 aromatic rings. The SMILES string of the molecule is CCC(C)S(=O)CC(=O)c1cc(Cl)ccc1Cl. The van der Waals surface area contributed by atoms with Gasteiger partial charge in [0, 0.05) is 26.6 Å². The molecule has 94 valence electrons. The molecule has 0 radical (unpaired) electrons. The highest BCUT2D eigenvalue weighted by Gasteiger charge is 2.17. The first-order chi connectivity index (χ1) is 7.95. The minimum atomic E-state index is -1.16. The van der Waals surface area contributed by atoms with E-state index in [1.165, 1.54) is 6.07 Å². The van der Waals surface area contributed by atoms with Crippen LogP contribution in [0.2, 0.25) is 10.0 Å². The lowest BCUT2D eigenvalue weighted by Gasteiger charge is -2.08. The van der Waals surface area contributed by atoms with Crippen molar-refractivity contribution in [2.45, 2.75) is 25.5 Å². The molecular weight excluding hydrogens is 279 g/mol. The summed E-state index contributed by atoms with van der Waals surface area (Å²) in [5.74, 6) is -0.231. The average Bonchev–Trinajstić information content (AvgIpc) is 2.30. The second kappa shape index (κ2) is 6.53. The number of benzene rings is 1. The number of hydrogen-bond donors (Lipinski definition) is 0.